The minimum atomic E-state index is -4.00. The van der Waals surface area contributed by atoms with Crippen molar-refractivity contribution < 1.29 is 21.9 Å². The highest BCUT2D eigenvalue weighted by Crippen LogP contribution is 2.27. The largest absolute Gasteiger partial charge is 0.495 e. The molecule has 1 rings (SSSR count). The number of hydrogen-bond donors (Lipinski definition) is 1. The maximum Gasteiger partial charge on any atom is 0.252 e. The van der Waals surface area contributed by atoms with Crippen LogP contribution >= 0.6 is 0 Å². The van der Waals surface area contributed by atoms with E-state index in [1.165, 1.54) is 13.2 Å². The molecule has 0 radical (unpaired) electrons. The molecule has 1 N–H and O–H groups in total. The van der Waals surface area contributed by atoms with Crippen LogP contribution in [-0.2, 0) is 16.6 Å². The third-order valence-electron chi connectivity index (χ3n) is 2.69. The van der Waals surface area contributed by atoms with E-state index < -0.39 is 23.0 Å². The average Bonchev–Trinajstić information content (AvgIpc) is 2.37. The van der Waals surface area contributed by atoms with E-state index in [1.807, 2.05) is 0 Å². The smallest absolute Gasteiger partial charge is 0.252 e. The Morgan fingerprint density at radius 2 is 2.05 bits per heavy atom. The van der Waals surface area contributed by atoms with Gasteiger partial charge in [0.25, 0.3) is 6.43 Å². The van der Waals surface area contributed by atoms with E-state index in [1.54, 1.807) is 19.2 Å². The first-order valence-corrected chi connectivity index (χ1v) is 7.33. The fraction of sp³-hybridized carbons (Fsp3) is 0.500. The molecule has 0 atom stereocenters. The van der Waals surface area contributed by atoms with Crippen molar-refractivity contribution in [3.63, 3.8) is 0 Å². The second-order valence-electron chi connectivity index (χ2n) is 4.19. The van der Waals surface area contributed by atoms with Gasteiger partial charge in [0.05, 0.1) is 13.7 Å². The van der Waals surface area contributed by atoms with Crippen LogP contribution in [0.2, 0.25) is 0 Å². The Bertz CT molecular complexity index is 550. The molecule has 1 aromatic rings. The van der Waals surface area contributed by atoms with Crippen molar-refractivity contribution in [1.29, 1.82) is 0 Å². The molecule has 0 saturated heterocycles. The number of benzene rings is 1. The summed E-state index contributed by atoms with van der Waals surface area (Å²) in [5.41, 5.74) is 0.833. The van der Waals surface area contributed by atoms with Gasteiger partial charge in [-0.15, -0.1) is 0 Å². The zero-order chi connectivity index (χ0) is 15.3. The fourth-order valence-corrected chi connectivity index (χ4v) is 2.98. The van der Waals surface area contributed by atoms with Crippen LogP contribution in [-0.4, -0.2) is 46.9 Å². The van der Waals surface area contributed by atoms with Crippen LogP contribution in [0, 0.1) is 0 Å². The molecule has 0 fully saturated rings. The maximum absolute atomic E-state index is 12.3. The van der Waals surface area contributed by atoms with Crippen molar-refractivity contribution in [2.75, 3.05) is 27.7 Å². The van der Waals surface area contributed by atoms with Gasteiger partial charge in [0.1, 0.15) is 10.6 Å². The molecule has 0 aliphatic carbocycles. The van der Waals surface area contributed by atoms with Crippen molar-refractivity contribution >= 4 is 10.0 Å². The van der Waals surface area contributed by atoms with Gasteiger partial charge in [-0.2, -0.15) is 4.31 Å². The predicted molar refractivity (Wildman–Crippen MR) is 71.6 cm³/mol. The third-order valence-corrected chi connectivity index (χ3v) is 4.56. The van der Waals surface area contributed by atoms with Gasteiger partial charge in [0, 0.05) is 13.6 Å². The Kier molecular flexibility index (Phi) is 5.85. The van der Waals surface area contributed by atoms with Crippen molar-refractivity contribution in [3.8, 4) is 5.75 Å². The molecule has 20 heavy (non-hydrogen) atoms. The van der Waals surface area contributed by atoms with Crippen LogP contribution in [0.15, 0.2) is 23.1 Å². The Morgan fingerprint density at radius 1 is 1.40 bits per heavy atom. The zero-order valence-corrected chi connectivity index (χ0v) is 12.4. The Morgan fingerprint density at radius 3 is 2.55 bits per heavy atom. The molecule has 0 bridgehead atoms. The van der Waals surface area contributed by atoms with Crippen LogP contribution in [0.1, 0.15) is 5.56 Å². The highest BCUT2D eigenvalue weighted by molar-refractivity contribution is 7.89. The molecular weight excluding hydrogens is 290 g/mol. The summed E-state index contributed by atoms with van der Waals surface area (Å²) in [5.74, 6) is 0.138. The van der Waals surface area contributed by atoms with Gasteiger partial charge in [-0.1, -0.05) is 6.07 Å². The summed E-state index contributed by atoms with van der Waals surface area (Å²) in [6.07, 6.45) is -2.73. The minimum Gasteiger partial charge on any atom is -0.495 e. The first-order valence-electron chi connectivity index (χ1n) is 5.89. The quantitative estimate of drug-likeness (QED) is 0.825. The minimum absolute atomic E-state index is 0.122. The van der Waals surface area contributed by atoms with Gasteiger partial charge >= 0.3 is 0 Å². The van der Waals surface area contributed by atoms with E-state index in [-0.39, 0.29) is 10.6 Å². The van der Waals surface area contributed by atoms with Gasteiger partial charge in [-0.3, -0.25) is 0 Å². The van der Waals surface area contributed by atoms with Crippen LogP contribution < -0.4 is 10.1 Å². The number of rotatable bonds is 7. The second-order valence-corrected chi connectivity index (χ2v) is 6.21. The number of nitrogens with zero attached hydrogens (tertiary/aromatic N) is 1. The molecule has 114 valence electrons. The van der Waals surface area contributed by atoms with Crippen molar-refractivity contribution in [3.05, 3.63) is 23.8 Å². The summed E-state index contributed by atoms with van der Waals surface area (Å²) in [6.45, 7) is -0.312. The molecule has 1 aromatic carbocycles. The number of ether oxygens (including phenoxy) is 1. The van der Waals surface area contributed by atoms with Crippen LogP contribution in [0.4, 0.5) is 8.78 Å². The van der Waals surface area contributed by atoms with E-state index in [4.69, 9.17) is 4.74 Å². The monoisotopic (exact) mass is 308 g/mol. The number of halogens is 2. The third kappa shape index (κ3) is 3.87. The van der Waals surface area contributed by atoms with E-state index in [9.17, 15) is 17.2 Å². The van der Waals surface area contributed by atoms with Gasteiger partial charge in [-0.05, 0) is 24.7 Å². The van der Waals surface area contributed by atoms with E-state index in [0.717, 1.165) is 12.6 Å². The predicted octanol–water partition coefficient (Wildman–Crippen LogP) is 1.30. The summed E-state index contributed by atoms with van der Waals surface area (Å²) in [7, 11) is 0.208. The summed E-state index contributed by atoms with van der Waals surface area (Å²) in [4.78, 5) is -0.122. The molecule has 0 heterocycles. The van der Waals surface area contributed by atoms with Gasteiger partial charge < -0.3 is 10.1 Å². The lowest BCUT2D eigenvalue weighted by molar-refractivity contribution is 0.126. The molecule has 0 saturated carbocycles. The topological polar surface area (TPSA) is 58.6 Å². The second kappa shape index (κ2) is 6.96. The summed E-state index contributed by atoms with van der Waals surface area (Å²) in [5, 5.41) is 2.93. The molecule has 0 spiro atoms. The first-order chi connectivity index (χ1) is 9.32. The van der Waals surface area contributed by atoms with Gasteiger partial charge in [0.2, 0.25) is 10.0 Å². The SMILES string of the molecule is CNCc1ccc(S(=O)(=O)N(C)CC(F)F)c(OC)c1. The van der Waals surface area contributed by atoms with Gasteiger partial charge in [-0.25, -0.2) is 17.2 Å². The molecule has 0 aliphatic heterocycles. The summed E-state index contributed by atoms with van der Waals surface area (Å²) in [6, 6.07) is 4.55. The maximum atomic E-state index is 12.3. The Labute approximate surface area is 117 Å². The van der Waals surface area contributed by atoms with E-state index in [0.29, 0.717) is 10.8 Å². The molecule has 0 aromatic heterocycles. The molecule has 5 nitrogen and oxygen atoms in total. The molecule has 8 heteroatoms. The van der Waals surface area contributed by atoms with E-state index >= 15 is 0 Å². The normalized spacial score (nSPS) is 12.2. The first kappa shape index (κ1) is 16.8. The molecule has 0 unspecified atom stereocenters. The fourth-order valence-electron chi connectivity index (χ4n) is 1.70. The zero-order valence-electron chi connectivity index (χ0n) is 11.6. The van der Waals surface area contributed by atoms with Crippen molar-refractivity contribution in [2.24, 2.45) is 0 Å². The molecule has 0 aliphatic rings. The lowest BCUT2D eigenvalue weighted by atomic mass is 10.2. The number of alkyl halides is 2. The lowest BCUT2D eigenvalue weighted by Gasteiger charge is -2.18. The molecule has 0 amide bonds. The number of hydrogen-bond acceptors (Lipinski definition) is 4. The van der Waals surface area contributed by atoms with Gasteiger partial charge in [0.15, 0.2) is 0 Å². The van der Waals surface area contributed by atoms with Crippen LogP contribution in [0.25, 0.3) is 0 Å². The van der Waals surface area contributed by atoms with Crippen LogP contribution in [0.5, 0.6) is 5.75 Å². The lowest BCUT2D eigenvalue weighted by Crippen LogP contribution is -2.31. The Hall–Kier alpha value is -1.25. The number of sulfonamides is 1. The van der Waals surface area contributed by atoms with Crippen LogP contribution in [0.3, 0.4) is 0 Å². The van der Waals surface area contributed by atoms with Crippen molar-refractivity contribution in [2.45, 2.75) is 17.9 Å². The average molecular weight is 308 g/mol. The number of methoxy groups -OCH3 is 1. The standard InChI is InChI=1S/C12H18F2N2O3S/c1-15-7-9-4-5-11(10(6-9)19-3)20(17,18)16(2)8-12(13)14/h4-6,12,15H,7-8H2,1-3H3. The summed E-state index contributed by atoms with van der Waals surface area (Å²) < 4.78 is 54.8. The highest BCUT2D eigenvalue weighted by Gasteiger charge is 2.26. The summed E-state index contributed by atoms with van der Waals surface area (Å²) >= 11 is 0. The Balaban J connectivity index is 3.17. The van der Waals surface area contributed by atoms with E-state index in [2.05, 4.69) is 5.32 Å². The highest BCUT2D eigenvalue weighted by atomic mass is 32.2. The van der Waals surface area contributed by atoms with Crippen molar-refractivity contribution in [1.82, 2.24) is 9.62 Å². The molecular formula is C12H18F2N2O3S. The number of nitrogens with one attached hydrogen (secondary N) is 1.